The number of halogens is 1. The number of piperidine rings is 1. The molecule has 0 aliphatic carbocycles. The van der Waals surface area contributed by atoms with Crippen LogP contribution in [0, 0.1) is 12.7 Å². The molecule has 0 spiro atoms. The SMILES string of the molecule is Cc1cc(NC2CCNCC2)nc(-c2ccccc2F)n1. The molecular weight excluding hydrogens is 267 g/mol. The van der Waals surface area contributed by atoms with Crippen molar-refractivity contribution in [2.24, 2.45) is 0 Å². The number of nitrogens with one attached hydrogen (secondary N) is 2. The standard InChI is InChI=1S/C16H19FN4/c1-11-10-15(20-12-6-8-18-9-7-12)21-16(19-11)13-4-2-3-5-14(13)17/h2-5,10,12,18H,6-9H2,1H3,(H,19,20,21). The molecule has 0 radical (unpaired) electrons. The van der Waals surface area contributed by atoms with Crippen LogP contribution < -0.4 is 10.6 Å². The summed E-state index contributed by atoms with van der Waals surface area (Å²) < 4.78 is 13.9. The van der Waals surface area contributed by atoms with Crippen molar-refractivity contribution in [2.45, 2.75) is 25.8 Å². The van der Waals surface area contributed by atoms with Gasteiger partial charge in [0, 0.05) is 17.8 Å². The molecule has 0 saturated carbocycles. The highest BCUT2D eigenvalue weighted by Crippen LogP contribution is 2.21. The van der Waals surface area contributed by atoms with Gasteiger partial charge >= 0.3 is 0 Å². The van der Waals surface area contributed by atoms with Crippen LogP contribution in [0.15, 0.2) is 30.3 Å². The summed E-state index contributed by atoms with van der Waals surface area (Å²) in [6.07, 6.45) is 2.14. The van der Waals surface area contributed by atoms with E-state index in [1.54, 1.807) is 18.2 Å². The van der Waals surface area contributed by atoms with Crippen LogP contribution in [-0.4, -0.2) is 29.1 Å². The molecule has 1 fully saturated rings. The normalized spacial score (nSPS) is 15.9. The zero-order chi connectivity index (χ0) is 14.7. The highest BCUT2D eigenvalue weighted by molar-refractivity contribution is 5.58. The smallest absolute Gasteiger partial charge is 0.164 e. The quantitative estimate of drug-likeness (QED) is 0.911. The minimum Gasteiger partial charge on any atom is -0.367 e. The molecular formula is C16H19FN4. The van der Waals surface area contributed by atoms with Gasteiger partial charge in [0.1, 0.15) is 11.6 Å². The van der Waals surface area contributed by atoms with Gasteiger partial charge in [-0.15, -0.1) is 0 Å². The summed E-state index contributed by atoms with van der Waals surface area (Å²) >= 11 is 0. The van der Waals surface area contributed by atoms with Crippen molar-refractivity contribution in [2.75, 3.05) is 18.4 Å². The monoisotopic (exact) mass is 286 g/mol. The molecule has 0 unspecified atom stereocenters. The van der Waals surface area contributed by atoms with Crippen LogP contribution in [0.1, 0.15) is 18.5 Å². The number of rotatable bonds is 3. The number of aryl methyl sites for hydroxylation is 1. The molecule has 1 aromatic heterocycles. The Kier molecular flexibility index (Phi) is 4.10. The summed E-state index contributed by atoms with van der Waals surface area (Å²) in [6.45, 7) is 3.93. The summed E-state index contributed by atoms with van der Waals surface area (Å²) in [5, 5.41) is 6.77. The molecule has 21 heavy (non-hydrogen) atoms. The van der Waals surface area contributed by atoms with Crippen molar-refractivity contribution in [1.29, 1.82) is 0 Å². The Labute approximate surface area is 123 Å². The van der Waals surface area contributed by atoms with Gasteiger partial charge in [-0.1, -0.05) is 12.1 Å². The van der Waals surface area contributed by atoms with E-state index in [0.717, 1.165) is 37.4 Å². The van der Waals surface area contributed by atoms with Gasteiger partial charge in [-0.05, 0) is 45.0 Å². The first-order valence-electron chi connectivity index (χ1n) is 7.30. The molecule has 2 N–H and O–H groups in total. The fourth-order valence-corrected chi connectivity index (χ4v) is 2.58. The zero-order valence-corrected chi connectivity index (χ0v) is 12.1. The lowest BCUT2D eigenvalue weighted by Gasteiger charge is -2.24. The Morgan fingerprint density at radius 1 is 1.19 bits per heavy atom. The van der Waals surface area contributed by atoms with Crippen LogP contribution in [0.5, 0.6) is 0 Å². The molecule has 2 aromatic rings. The largest absolute Gasteiger partial charge is 0.367 e. The molecule has 5 heteroatoms. The van der Waals surface area contributed by atoms with E-state index in [2.05, 4.69) is 20.6 Å². The number of aromatic nitrogens is 2. The van der Waals surface area contributed by atoms with E-state index in [4.69, 9.17) is 0 Å². The van der Waals surface area contributed by atoms with E-state index >= 15 is 0 Å². The van der Waals surface area contributed by atoms with Gasteiger partial charge < -0.3 is 10.6 Å². The van der Waals surface area contributed by atoms with Crippen molar-refractivity contribution < 1.29 is 4.39 Å². The molecule has 0 bridgehead atoms. The molecule has 2 heterocycles. The van der Waals surface area contributed by atoms with Gasteiger partial charge in [-0.25, -0.2) is 14.4 Å². The average molecular weight is 286 g/mol. The van der Waals surface area contributed by atoms with Crippen molar-refractivity contribution in [1.82, 2.24) is 15.3 Å². The molecule has 1 aromatic carbocycles. The van der Waals surface area contributed by atoms with Gasteiger partial charge in [0.25, 0.3) is 0 Å². The van der Waals surface area contributed by atoms with Crippen molar-refractivity contribution in [3.05, 3.63) is 41.8 Å². The van der Waals surface area contributed by atoms with Gasteiger partial charge in [-0.3, -0.25) is 0 Å². The maximum Gasteiger partial charge on any atom is 0.164 e. The lowest BCUT2D eigenvalue weighted by molar-refractivity contribution is 0.478. The van der Waals surface area contributed by atoms with E-state index in [-0.39, 0.29) is 5.82 Å². The van der Waals surface area contributed by atoms with Crippen LogP contribution in [0.4, 0.5) is 10.2 Å². The second kappa shape index (κ2) is 6.18. The highest BCUT2D eigenvalue weighted by atomic mass is 19.1. The van der Waals surface area contributed by atoms with E-state index in [0.29, 0.717) is 17.4 Å². The Morgan fingerprint density at radius 2 is 1.95 bits per heavy atom. The Hall–Kier alpha value is -2.01. The van der Waals surface area contributed by atoms with Crippen LogP contribution in [0.25, 0.3) is 11.4 Å². The lowest BCUT2D eigenvalue weighted by Crippen LogP contribution is -2.35. The second-order valence-electron chi connectivity index (χ2n) is 5.37. The maximum absolute atomic E-state index is 13.9. The van der Waals surface area contributed by atoms with Gasteiger partial charge in [-0.2, -0.15) is 0 Å². The third kappa shape index (κ3) is 3.36. The fourth-order valence-electron chi connectivity index (χ4n) is 2.58. The molecule has 3 rings (SSSR count). The van der Waals surface area contributed by atoms with Crippen molar-refractivity contribution in [3.8, 4) is 11.4 Å². The topological polar surface area (TPSA) is 49.8 Å². The first kappa shape index (κ1) is 13.9. The number of nitrogens with zero attached hydrogens (tertiary/aromatic N) is 2. The second-order valence-corrected chi connectivity index (χ2v) is 5.37. The lowest BCUT2D eigenvalue weighted by atomic mass is 10.1. The minimum absolute atomic E-state index is 0.295. The summed E-state index contributed by atoms with van der Waals surface area (Å²) in [5.41, 5.74) is 1.27. The molecule has 4 nitrogen and oxygen atoms in total. The van der Waals surface area contributed by atoms with Crippen LogP contribution >= 0.6 is 0 Å². The molecule has 1 aliphatic rings. The predicted molar refractivity (Wildman–Crippen MR) is 81.7 cm³/mol. The van der Waals surface area contributed by atoms with E-state index in [9.17, 15) is 4.39 Å². The minimum atomic E-state index is -0.295. The van der Waals surface area contributed by atoms with Gasteiger partial charge in [0.2, 0.25) is 0 Å². The molecule has 1 saturated heterocycles. The summed E-state index contributed by atoms with van der Waals surface area (Å²) in [4.78, 5) is 8.83. The third-order valence-electron chi connectivity index (χ3n) is 3.66. The molecule has 0 amide bonds. The zero-order valence-electron chi connectivity index (χ0n) is 12.1. The number of benzene rings is 1. The molecule has 0 atom stereocenters. The number of hydrogen-bond acceptors (Lipinski definition) is 4. The summed E-state index contributed by atoms with van der Waals surface area (Å²) in [6, 6.07) is 8.92. The summed E-state index contributed by atoms with van der Waals surface area (Å²) in [5.74, 6) is 0.910. The van der Waals surface area contributed by atoms with E-state index in [1.165, 1.54) is 6.07 Å². The van der Waals surface area contributed by atoms with E-state index in [1.807, 2.05) is 13.0 Å². The molecule has 1 aliphatic heterocycles. The van der Waals surface area contributed by atoms with Crippen molar-refractivity contribution >= 4 is 5.82 Å². The van der Waals surface area contributed by atoms with Gasteiger partial charge in [0.05, 0.1) is 5.56 Å². The maximum atomic E-state index is 13.9. The summed E-state index contributed by atoms with van der Waals surface area (Å²) in [7, 11) is 0. The highest BCUT2D eigenvalue weighted by Gasteiger charge is 2.15. The number of anilines is 1. The van der Waals surface area contributed by atoms with Crippen molar-refractivity contribution in [3.63, 3.8) is 0 Å². The Morgan fingerprint density at radius 3 is 2.71 bits per heavy atom. The first-order chi connectivity index (χ1) is 10.2. The average Bonchev–Trinajstić information content (AvgIpc) is 2.48. The third-order valence-corrected chi connectivity index (χ3v) is 3.66. The number of hydrogen-bond donors (Lipinski definition) is 2. The Bertz CT molecular complexity index is 623. The Balaban J connectivity index is 1.87. The predicted octanol–water partition coefficient (Wildman–Crippen LogP) is 2.76. The van der Waals surface area contributed by atoms with Crippen LogP contribution in [-0.2, 0) is 0 Å². The van der Waals surface area contributed by atoms with Crippen LogP contribution in [0.2, 0.25) is 0 Å². The van der Waals surface area contributed by atoms with Gasteiger partial charge in [0.15, 0.2) is 5.82 Å². The van der Waals surface area contributed by atoms with E-state index < -0.39 is 0 Å². The first-order valence-corrected chi connectivity index (χ1v) is 7.30. The molecule has 110 valence electrons. The fraction of sp³-hybridized carbons (Fsp3) is 0.375. The van der Waals surface area contributed by atoms with Crippen LogP contribution in [0.3, 0.4) is 0 Å².